The molecule has 2 aromatic heterocycles. The minimum Gasteiger partial charge on any atom is -0.489 e. The molecule has 0 aromatic carbocycles. The first-order chi connectivity index (χ1) is 15.4. The van der Waals surface area contributed by atoms with Gasteiger partial charge in [0, 0.05) is 20.6 Å². The molecule has 0 spiro atoms. The van der Waals surface area contributed by atoms with E-state index in [1.54, 1.807) is 42.0 Å². The second kappa shape index (κ2) is 10.9. The molecule has 32 heavy (non-hydrogen) atoms. The van der Waals surface area contributed by atoms with Crippen LogP contribution in [0.25, 0.3) is 11.4 Å². The van der Waals surface area contributed by atoms with Crippen molar-refractivity contribution < 1.29 is 24.2 Å². The summed E-state index contributed by atoms with van der Waals surface area (Å²) in [7, 11) is 3.45. The summed E-state index contributed by atoms with van der Waals surface area (Å²) in [5, 5.41) is 17.5. The highest BCUT2D eigenvalue weighted by Gasteiger charge is 2.28. The average molecular weight is 446 g/mol. The van der Waals surface area contributed by atoms with Crippen molar-refractivity contribution in [3.8, 4) is 17.1 Å². The second-order valence-corrected chi connectivity index (χ2v) is 8.16. The van der Waals surface area contributed by atoms with Crippen molar-refractivity contribution in [1.29, 1.82) is 0 Å². The van der Waals surface area contributed by atoms with Crippen molar-refractivity contribution in [3.63, 3.8) is 0 Å². The van der Waals surface area contributed by atoms with Crippen molar-refractivity contribution >= 4 is 12.1 Å². The third-order valence-electron chi connectivity index (χ3n) is 5.69. The number of carboxylic acid groups (broad SMARTS) is 1. The molecule has 10 nitrogen and oxygen atoms in total. The number of rotatable bonds is 9. The highest BCUT2D eigenvalue weighted by molar-refractivity contribution is 5.70. The van der Waals surface area contributed by atoms with Crippen LogP contribution in [0.3, 0.4) is 0 Å². The van der Waals surface area contributed by atoms with Gasteiger partial charge in [-0.05, 0) is 44.2 Å². The maximum Gasteiger partial charge on any atom is 0.409 e. The van der Waals surface area contributed by atoms with E-state index in [4.69, 9.17) is 9.47 Å². The first kappa shape index (κ1) is 23.5. The zero-order chi connectivity index (χ0) is 23.1. The molecule has 1 amide bonds. The Balaban J connectivity index is 1.62. The number of pyridine rings is 1. The van der Waals surface area contributed by atoms with Gasteiger partial charge in [-0.3, -0.25) is 9.78 Å². The van der Waals surface area contributed by atoms with Gasteiger partial charge >= 0.3 is 12.1 Å². The lowest BCUT2D eigenvalue weighted by atomic mass is 9.87. The molecule has 10 heteroatoms. The van der Waals surface area contributed by atoms with Gasteiger partial charge in [0.2, 0.25) is 0 Å². The van der Waals surface area contributed by atoms with Crippen LogP contribution in [0.15, 0.2) is 18.3 Å². The Morgan fingerprint density at radius 1 is 1.31 bits per heavy atom. The van der Waals surface area contributed by atoms with Crippen molar-refractivity contribution in [2.45, 2.75) is 58.2 Å². The Labute approximate surface area is 187 Å². The fourth-order valence-corrected chi connectivity index (χ4v) is 3.72. The quantitative estimate of drug-likeness (QED) is 0.624. The van der Waals surface area contributed by atoms with Crippen LogP contribution in [0.1, 0.15) is 51.1 Å². The van der Waals surface area contributed by atoms with Gasteiger partial charge in [0.05, 0.1) is 23.9 Å². The van der Waals surface area contributed by atoms with Crippen molar-refractivity contribution in [2.75, 3.05) is 13.6 Å². The van der Waals surface area contributed by atoms with Crippen LogP contribution in [0.5, 0.6) is 5.75 Å². The number of aliphatic carboxylic acids is 1. The third kappa shape index (κ3) is 5.95. The van der Waals surface area contributed by atoms with Gasteiger partial charge in [-0.1, -0.05) is 18.6 Å². The molecule has 2 aromatic rings. The number of aryl methyl sites for hydroxylation is 1. The van der Waals surface area contributed by atoms with Gasteiger partial charge in [0.1, 0.15) is 23.7 Å². The lowest BCUT2D eigenvalue weighted by molar-refractivity contribution is -0.143. The summed E-state index contributed by atoms with van der Waals surface area (Å²) in [5.74, 6) is -0.537. The van der Waals surface area contributed by atoms with Gasteiger partial charge in [0.15, 0.2) is 0 Å². The Kier molecular flexibility index (Phi) is 8.02. The normalized spacial score (nSPS) is 18.2. The molecule has 1 aliphatic carbocycles. The van der Waals surface area contributed by atoms with Crippen LogP contribution in [0, 0.1) is 5.92 Å². The highest BCUT2D eigenvalue weighted by Crippen LogP contribution is 2.29. The Morgan fingerprint density at radius 2 is 2.12 bits per heavy atom. The van der Waals surface area contributed by atoms with E-state index in [-0.39, 0.29) is 18.6 Å². The minimum atomic E-state index is -0.765. The molecule has 2 atom stereocenters. The summed E-state index contributed by atoms with van der Waals surface area (Å²) in [6.45, 7) is 2.74. The van der Waals surface area contributed by atoms with Crippen LogP contribution < -0.4 is 4.74 Å². The number of nitrogens with zero attached hydrogens (tertiary/aromatic N) is 5. The predicted molar refractivity (Wildman–Crippen MR) is 116 cm³/mol. The average Bonchev–Trinajstić information content (AvgIpc) is 3.16. The molecule has 1 aliphatic rings. The molecule has 0 saturated heterocycles. The number of amides is 1. The Hall–Kier alpha value is -3.17. The van der Waals surface area contributed by atoms with Crippen LogP contribution in [-0.4, -0.2) is 61.7 Å². The van der Waals surface area contributed by atoms with Crippen LogP contribution >= 0.6 is 0 Å². The molecule has 3 rings (SSSR count). The van der Waals surface area contributed by atoms with E-state index in [0.717, 1.165) is 25.7 Å². The molecule has 174 valence electrons. The van der Waals surface area contributed by atoms with Crippen molar-refractivity contribution in [3.05, 3.63) is 24.0 Å². The molecule has 0 aliphatic heterocycles. The molecule has 1 N–H and O–H groups in total. The largest absolute Gasteiger partial charge is 0.489 e. The summed E-state index contributed by atoms with van der Waals surface area (Å²) in [4.78, 5) is 29.4. The predicted octanol–water partition coefficient (Wildman–Crippen LogP) is 3.27. The maximum absolute atomic E-state index is 12.2. The number of aromatic nitrogens is 4. The van der Waals surface area contributed by atoms with Gasteiger partial charge in [-0.2, -0.15) is 0 Å². The van der Waals surface area contributed by atoms with E-state index in [0.29, 0.717) is 42.2 Å². The fraction of sp³-hybridized carbons (Fsp3) is 0.591. The molecular formula is C22H31N5O5. The summed E-state index contributed by atoms with van der Waals surface area (Å²) in [6, 6.07) is 3.56. The third-order valence-corrected chi connectivity index (χ3v) is 5.69. The van der Waals surface area contributed by atoms with E-state index in [9.17, 15) is 14.7 Å². The summed E-state index contributed by atoms with van der Waals surface area (Å²) >= 11 is 0. The molecule has 0 unspecified atom stereocenters. The topological polar surface area (TPSA) is 120 Å². The van der Waals surface area contributed by atoms with E-state index in [1.807, 2.05) is 0 Å². The number of unbranched alkanes of at least 4 members (excludes halogenated alkanes) is 1. The first-order valence-electron chi connectivity index (χ1n) is 11.0. The Bertz CT molecular complexity index is 914. The summed E-state index contributed by atoms with van der Waals surface area (Å²) in [5.41, 5.74) is 1.76. The molecule has 1 saturated carbocycles. The van der Waals surface area contributed by atoms with Gasteiger partial charge < -0.3 is 19.5 Å². The van der Waals surface area contributed by atoms with Gasteiger partial charge in [0.25, 0.3) is 0 Å². The SMILES string of the molecule is CCCCN(C)C(=O)OCc1c(-c2ccc(O[C@H]3CCC[C@H](C(=O)O)C3)cn2)nnn1C. The Morgan fingerprint density at radius 3 is 2.81 bits per heavy atom. The number of hydrogen-bond acceptors (Lipinski definition) is 7. The lowest BCUT2D eigenvalue weighted by Gasteiger charge is -2.27. The molecule has 0 bridgehead atoms. The number of hydrogen-bond donors (Lipinski definition) is 1. The molecular weight excluding hydrogens is 414 g/mol. The van der Waals surface area contributed by atoms with Crippen LogP contribution in [0.2, 0.25) is 0 Å². The van der Waals surface area contributed by atoms with E-state index < -0.39 is 12.1 Å². The van der Waals surface area contributed by atoms with Gasteiger partial charge in [-0.15, -0.1) is 5.10 Å². The highest BCUT2D eigenvalue weighted by atomic mass is 16.6. The van der Waals surface area contributed by atoms with E-state index >= 15 is 0 Å². The molecule has 0 radical (unpaired) electrons. The zero-order valence-electron chi connectivity index (χ0n) is 18.9. The fourth-order valence-electron chi connectivity index (χ4n) is 3.72. The van der Waals surface area contributed by atoms with Crippen molar-refractivity contribution in [2.24, 2.45) is 13.0 Å². The minimum absolute atomic E-state index is 0.0344. The van der Waals surface area contributed by atoms with Crippen molar-refractivity contribution in [1.82, 2.24) is 24.9 Å². The zero-order valence-corrected chi connectivity index (χ0v) is 18.9. The monoisotopic (exact) mass is 445 g/mol. The first-order valence-corrected chi connectivity index (χ1v) is 11.0. The number of ether oxygens (including phenoxy) is 2. The standard InChI is InChI=1S/C22H31N5O5/c1-4-5-11-26(2)22(30)31-14-19-20(24-25-27(19)3)18-10-9-17(13-23-18)32-16-8-6-7-15(12-16)21(28)29/h9-10,13,15-16H,4-8,11-12,14H2,1-3H3,(H,28,29)/t15-,16-/m0/s1. The number of carbonyl (C=O) groups excluding carboxylic acids is 1. The van der Waals surface area contributed by atoms with Gasteiger partial charge in [-0.25, -0.2) is 9.48 Å². The molecule has 2 heterocycles. The lowest BCUT2D eigenvalue weighted by Crippen LogP contribution is -2.29. The van der Waals surface area contributed by atoms with Crippen LogP contribution in [-0.2, 0) is 23.2 Å². The maximum atomic E-state index is 12.2. The summed E-state index contributed by atoms with van der Waals surface area (Å²) in [6.07, 6.45) is 5.86. The van der Waals surface area contributed by atoms with Crippen LogP contribution in [0.4, 0.5) is 4.79 Å². The summed E-state index contributed by atoms with van der Waals surface area (Å²) < 4.78 is 12.9. The number of carboxylic acids is 1. The smallest absolute Gasteiger partial charge is 0.409 e. The second-order valence-electron chi connectivity index (χ2n) is 8.16. The molecule has 1 fully saturated rings. The van der Waals surface area contributed by atoms with E-state index in [1.165, 1.54) is 0 Å². The number of carbonyl (C=O) groups is 2. The van der Waals surface area contributed by atoms with E-state index in [2.05, 4.69) is 22.2 Å².